The molecule has 4 rings (SSSR count). The van der Waals surface area contributed by atoms with Crippen LogP contribution < -0.4 is 11.2 Å². The average molecular weight is 311 g/mol. The van der Waals surface area contributed by atoms with Gasteiger partial charge in [-0.15, -0.1) is 0 Å². The summed E-state index contributed by atoms with van der Waals surface area (Å²) in [5.74, 6) is 0. The monoisotopic (exact) mass is 311 g/mol. The van der Waals surface area contributed by atoms with Crippen LogP contribution in [0.4, 0.5) is 0 Å². The van der Waals surface area contributed by atoms with Crippen molar-refractivity contribution in [3.05, 3.63) is 68.1 Å². The third-order valence-electron chi connectivity index (χ3n) is 4.71. The number of nitrogens with one attached hydrogen (secondary N) is 3. The summed E-state index contributed by atoms with van der Waals surface area (Å²) in [7, 11) is 2.17. The third-order valence-corrected chi connectivity index (χ3v) is 4.71. The topological polar surface area (TPSA) is 81.5 Å². The molecular formula is C17H19N4O2+. The molecule has 3 aromatic rings. The van der Waals surface area contributed by atoms with E-state index in [-0.39, 0.29) is 5.56 Å². The lowest BCUT2D eigenvalue weighted by Gasteiger charge is -2.37. The van der Waals surface area contributed by atoms with E-state index in [1.807, 2.05) is 6.07 Å². The molecule has 1 unspecified atom stereocenters. The van der Waals surface area contributed by atoms with Gasteiger partial charge in [-0.3, -0.25) is 9.78 Å². The maximum Gasteiger partial charge on any atom is 0.326 e. The molecular weight excluding hydrogens is 292 g/mol. The van der Waals surface area contributed by atoms with Crippen molar-refractivity contribution in [1.82, 2.24) is 15.0 Å². The first-order chi connectivity index (χ1) is 11.0. The Balaban J connectivity index is 1.70. The summed E-state index contributed by atoms with van der Waals surface area (Å²) < 4.78 is 0.772. The standard InChI is InChI=1S/C17H18N4O2/c1-21(9-11-8-16(22)20-17(23)18-11)7-6-15-13(10-21)12-4-2-3-5-14(12)19-15/h2-5,8,19H,6-7,9-10H2,1H3,(H-,18,20,22,23)/p+1. The Morgan fingerprint density at radius 3 is 2.78 bits per heavy atom. The zero-order valence-corrected chi connectivity index (χ0v) is 13.0. The summed E-state index contributed by atoms with van der Waals surface area (Å²) in [4.78, 5) is 31.4. The van der Waals surface area contributed by atoms with Gasteiger partial charge in [0.05, 0.1) is 19.3 Å². The molecule has 118 valence electrons. The van der Waals surface area contributed by atoms with Crippen LogP contribution in [0.2, 0.25) is 0 Å². The molecule has 6 heteroatoms. The summed E-state index contributed by atoms with van der Waals surface area (Å²) in [6.07, 6.45) is 0.966. The second-order valence-corrected chi connectivity index (χ2v) is 6.65. The van der Waals surface area contributed by atoms with Crippen LogP contribution >= 0.6 is 0 Å². The van der Waals surface area contributed by atoms with Crippen LogP contribution in [0.5, 0.6) is 0 Å². The van der Waals surface area contributed by atoms with Crippen LogP contribution in [-0.4, -0.2) is 33.0 Å². The van der Waals surface area contributed by atoms with Crippen molar-refractivity contribution in [3.8, 4) is 0 Å². The smallest absolute Gasteiger partial charge is 0.326 e. The van der Waals surface area contributed by atoms with E-state index in [4.69, 9.17) is 0 Å². The zero-order chi connectivity index (χ0) is 16.0. The third kappa shape index (κ3) is 2.51. The molecule has 1 aromatic carbocycles. The zero-order valence-electron chi connectivity index (χ0n) is 13.0. The number of hydrogen-bond acceptors (Lipinski definition) is 2. The molecule has 0 saturated carbocycles. The van der Waals surface area contributed by atoms with E-state index in [1.165, 1.54) is 28.2 Å². The van der Waals surface area contributed by atoms with E-state index in [9.17, 15) is 9.59 Å². The van der Waals surface area contributed by atoms with Crippen LogP contribution in [0.15, 0.2) is 39.9 Å². The Morgan fingerprint density at radius 1 is 1.13 bits per heavy atom. The van der Waals surface area contributed by atoms with Crippen LogP contribution in [0.1, 0.15) is 17.0 Å². The summed E-state index contributed by atoms with van der Waals surface area (Å²) in [6.45, 7) is 2.49. The number of aromatic nitrogens is 3. The lowest BCUT2D eigenvalue weighted by molar-refractivity contribution is -0.937. The maximum absolute atomic E-state index is 11.5. The molecule has 0 aliphatic carbocycles. The van der Waals surface area contributed by atoms with Gasteiger partial charge in [-0.1, -0.05) is 18.2 Å². The van der Waals surface area contributed by atoms with Gasteiger partial charge < -0.3 is 14.5 Å². The van der Waals surface area contributed by atoms with Crippen LogP contribution in [-0.2, 0) is 19.5 Å². The summed E-state index contributed by atoms with van der Waals surface area (Å²) >= 11 is 0. The van der Waals surface area contributed by atoms with Crippen molar-refractivity contribution in [2.24, 2.45) is 0 Å². The molecule has 0 saturated heterocycles. The molecule has 0 bridgehead atoms. The Hall–Kier alpha value is -2.60. The quantitative estimate of drug-likeness (QED) is 0.623. The molecule has 2 aromatic heterocycles. The largest absolute Gasteiger partial charge is 0.358 e. The van der Waals surface area contributed by atoms with Crippen molar-refractivity contribution in [2.45, 2.75) is 19.5 Å². The van der Waals surface area contributed by atoms with E-state index in [1.54, 1.807) is 0 Å². The van der Waals surface area contributed by atoms with Crippen molar-refractivity contribution in [3.63, 3.8) is 0 Å². The second-order valence-electron chi connectivity index (χ2n) is 6.65. The number of nitrogens with zero attached hydrogens (tertiary/aromatic N) is 1. The highest BCUT2D eigenvalue weighted by atomic mass is 16.2. The molecule has 0 radical (unpaired) electrons. The highest BCUT2D eigenvalue weighted by Gasteiger charge is 2.31. The molecule has 0 spiro atoms. The number of rotatable bonds is 2. The van der Waals surface area contributed by atoms with Gasteiger partial charge in [0.15, 0.2) is 0 Å². The van der Waals surface area contributed by atoms with Crippen LogP contribution in [0, 0.1) is 0 Å². The second kappa shape index (κ2) is 4.96. The van der Waals surface area contributed by atoms with Crippen molar-refractivity contribution < 1.29 is 4.48 Å². The molecule has 1 aliphatic heterocycles. The number of fused-ring (bicyclic) bond motifs is 3. The Morgan fingerprint density at radius 2 is 1.96 bits per heavy atom. The predicted octanol–water partition coefficient (Wildman–Crippen LogP) is 1.25. The van der Waals surface area contributed by atoms with Gasteiger partial charge in [0.25, 0.3) is 5.56 Å². The van der Waals surface area contributed by atoms with Gasteiger partial charge in [0.2, 0.25) is 0 Å². The van der Waals surface area contributed by atoms with E-state index in [0.29, 0.717) is 12.2 Å². The molecule has 23 heavy (non-hydrogen) atoms. The molecule has 1 aliphatic rings. The Bertz CT molecular complexity index is 969. The number of para-hydroxylation sites is 1. The normalized spacial score (nSPS) is 20.6. The van der Waals surface area contributed by atoms with Crippen LogP contribution in [0.3, 0.4) is 0 Å². The van der Waals surface area contributed by atoms with Gasteiger partial charge in [-0.25, -0.2) is 4.79 Å². The molecule has 3 heterocycles. The Labute approximate surface area is 132 Å². The van der Waals surface area contributed by atoms with Gasteiger partial charge in [0, 0.05) is 34.6 Å². The lowest BCUT2D eigenvalue weighted by Crippen LogP contribution is -2.47. The number of quaternary nitrogens is 1. The Kier molecular flexibility index (Phi) is 3.02. The minimum Gasteiger partial charge on any atom is -0.358 e. The maximum atomic E-state index is 11.5. The predicted molar refractivity (Wildman–Crippen MR) is 88.1 cm³/mol. The fraction of sp³-hybridized carbons (Fsp3) is 0.294. The lowest BCUT2D eigenvalue weighted by atomic mass is 10.0. The number of hydrogen-bond donors (Lipinski definition) is 3. The van der Waals surface area contributed by atoms with Gasteiger partial charge >= 0.3 is 5.69 Å². The van der Waals surface area contributed by atoms with Gasteiger partial charge in [0.1, 0.15) is 13.1 Å². The summed E-state index contributed by atoms with van der Waals surface area (Å²) in [6, 6.07) is 9.83. The fourth-order valence-corrected chi connectivity index (χ4v) is 3.64. The number of benzene rings is 1. The van der Waals surface area contributed by atoms with Gasteiger partial charge in [-0.2, -0.15) is 0 Å². The average Bonchev–Trinajstić information content (AvgIpc) is 2.83. The molecule has 0 fully saturated rings. The SMILES string of the molecule is C[N+]1(Cc2cc(=O)[nH]c(=O)[nH]2)CCc2[nH]c3ccccc3c2C1. The number of aromatic amines is 3. The number of likely N-dealkylation sites (N-methyl/N-ethyl adjacent to an activating group) is 1. The van der Waals surface area contributed by atoms with Gasteiger partial charge in [-0.05, 0) is 6.07 Å². The fourth-order valence-electron chi connectivity index (χ4n) is 3.64. The minimum atomic E-state index is -0.441. The molecule has 0 amide bonds. The van der Waals surface area contributed by atoms with Crippen molar-refractivity contribution in [2.75, 3.05) is 13.6 Å². The minimum absolute atomic E-state index is 0.347. The van der Waals surface area contributed by atoms with E-state index >= 15 is 0 Å². The highest BCUT2D eigenvalue weighted by Crippen LogP contribution is 2.31. The first kappa shape index (κ1) is 14.0. The van der Waals surface area contributed by atoms with Crippen molar-refractivity contribution >= 4 is 10.9 Å². The first-order valence-electron chi connectivity index (χ1n) is 7.77. The molecule has 3 N–H and O–H groups in total. The van der Waals surface area contributed by atoms with E-state index in [2.05, 4.69) is 40.2 Å². The molecule has 1 atom stereocenters. The van der Waals surface area contributed by atoms with E-state index in [0.717, 1.165) is 24.0 Å². The van der Waals surface area contributed by atoms with Crippen LogP contribution in [0.25, 0.3) is 10.9 Å². The molecule has 6 nitrogen and oxygen atoms in total. The number of H-pyrrole nitrogens is 3. The summed E-state index contributed by atoms with van der Waals surface area (Å²) in [5.41, 5.74) is 3.73. The highest BCUT2D eigenvalue weighted by molar-refractivity contribution is 5.84. The first-order valence-corrected chi connectivity index (χ1v) is 7.77. The summed E-state index contributed by atoms with van der Waals surface area (Å²) in [5, 5.41) is 1.27. The van der Waals surface area contributed by atoms with E-state index < -0.39 is 5.69 Å². The van der Waals surface area contributed by atoms with Crippen molar-refractivity contribution in [1.29, 1.82) is 0 Å².